The number of furan rings is 1. The van der Waals surface area contributed by atoms with Crippen LogP contribution in [0.25, 0.3) is 0 Å². The maximum absolute atomic E-state index is 11.8. The molecule has 0 saturated carbocycles. The highest BCUT2D eigenvalue weighted by atomic mass is 32.1. The van der Waals surface area contributed by atoms with Crippen molar-refractivity contribution in [2.75, 3.05) is 6.54 Å². The lowest BCUT2D eigenvalue weighted by atomic mass is 10.2. The Morgan fingerprint density at radius 3 is 2.81 bits per heavy atom. The summed E-state index contributed by atoms with van der Waals surface area (Å²) in [6, 6.07) is 1.21. The number of aromatic nitrogens is 1. The molecular weight excluding hydrogens is 292 g/mol. The first kappa shape index (κ1) is 15.2. The number of nitrogens with zero attached hydrogens (tertiary/aromatic N) is 1. The molecule has 6 nitrogen and oxygen atoms in total. The number of carbonyl (C=O) groups is 2. The van der Waals surface area contributed by atoms with Crippen molar-refractivity contribution in [2.24, 2.45) is 0 Å². The van der Waals surface area contributed by atoms with E-state index in [1.165, 1.54) is 6.07 Å². The average molecular weight is 308 g/mol. The van der Waals surface area contributed by atoms with Gasteiger partial charge in [-0.2, -0.15) is 0 Å². The van der Waals surface area contributed by atoms with Crippen molar-refractivity contribution < 1.29 is 19.1 Å². The van der Waals surface area contributed by atoms with Crippen LogP contribution in [0.15, 0.2) is 22.1 Å². The minimum atomic E-state index is -1.12. The lowest BCUT2D eigenvalue weighted by Crippen LogP contribution is -2.25. The molecule has 0 spiro atoms. The van der Waals surface area contributed by atoms with Gasteiger partial charge in [0.05, 0.1) is 16.3 Å². The molecule has 21 heavy (non-hydrogen) atoms. The number of hydrogen-bond donors (Lipinski definition) is 2. The summed E-state index contributed by atoms with van der Waals surface area (Å²) < 4.78 is 4.92. The van der Waals surface area contributed by atoms with Gasteiger partial charge in [0.1, 0.15) is 6.26 Å². The predicted molar refractivity (Wildman–Crippen MR) is 77.9 cm³/mol. The molecule has 0 atom stereocenters. The zero-order valence-electron chi connectivity index (χ0n) is 11.8. The number of carboxylic acids is 1. The molecule has 0 saturated heterocycles. The van der Waals surface area contributed by atoms with E-state index in [1.54, 1.807) is 11.3 Å². The van der Waals surface area contributed by atoms with Crippen LogP contribution in [0, 0.1) is 0 Å². The summed E-state index contributed by atoms with van der Waals surface area (Å²) in [6.07, 6.45) is 1.67. The highest BCUT2D eigenvalue weighted by Gasteiger charge is 2.14. The van der Waals surface area contributed by atoms with E-state index < -0.39 is 11.9 Å². The van der Waals surface area contributed by atoms with E-state index in [9.17, 15) is 9.59 Å². The lowest BCUT2D eigenvalue weighted by Gasteiger charge is -2.01. The Kier molecular flexibility index (Phi) is 4.74. The van der Waals surface area contributed by atoms with Crippen LogP contribution < -0.4 is 5.32 Å². The van der Waals surface area contributed by atoms with Crippen molar-refractivity contribution in [2.45, 2.75) is 26.2 Å². The van der Waals surface area contributed by atoms with Crippen LogP contribution in [-0.4, -0.2) is 28.5 Å². The zero-order chi connectivity index (χ0) is 15.4. The first-order valence-corrected chi connectivity index (χ1v) is 7.39. The Labute approximate surface area is 125 Å². The summed E-state index contributed by atoms with van der Waals surface area (Å²) in [5.74, 6) is -1.16. The van der Waals surface area contributed by atoms with Crippen LogP contribution in [-0.2, 0) is 6.42 Å². The molecule has 0 aromatic carbocycles. The number of thiazole rings is 1. The van der Waals surface area contributed by atoms with Crippen LogP contribution in [0.5, 0.6) is 0 Å². The van der Waals surface area contributed by atoms with Gasteiger partial charge >= 0.3 is 5.97 Å². The van der Waals surface area contributed by atoms with E-state index in [0.29, 0.717) is 18.9 Å². The largest absolute Gasteiger partial charge is 0.478 e. The second-order valence-electron chi connectivity index (χ2n) is 4.84. The summed E-state index contributed by atoms with van der Waals surface area (Å²) in [7, 11) is 0. The second kappa shape index (κ2) is 6.53. The summed E-state index contributed by atoms with van der Waals surface area (Å²) in [4.78, 5) is 26.9. The first-order valence-electron chi connectivity index (χ1n) is 6.51. The molecule has 0 bridgehead atoms. The fraction of sp³-hybridized carbons (Fsp3) is 0.357. The number of nitrogens with one attached hydrogen (secondary N) is 1. The third kappa shape index (κ3) is 3.91. The minimum Gasteiger partial charge on any atom is -0.478 e. The fourth-order valence-corrected chi connectivity index (χ4v) is 2.53. The molecule has 112 valence electrons. The first-order chi connectivity index (χ1) is 9.97. The van der Waals surface area contributed by atoms with Crippen molar-refractivity contribution in [3.05, 3.63) is 39.7 Å². The van der Waals surface area contributed by atoms with Gasteiger partial charge in [-0.25, -0.2) is 9.78 Å². The lowest BCUT2D eigenvalue weighted by molar-refractivity contribution is 0.0696. The van der Waals surface area contributed by atoms with E-state index in [0.717, 1.165) is 17.0 Å². The van der Waals surface area contributed by atoms with Gasteiger partial charge in [-0.3, -0.25) is 4.79 Å². The molecule has 2 heterocycles. The van der Waals surface area contributed by atoms with E-state index in [4.69, 9.17) is 9.52 Å². The van der Waals surface area contributed by atoms with Crippen LogP contribution in [0.3, 0.4) is 0 Å². The topological polar surface area (TPSA) is 92.4 Å². The van der Waals surface area contributed by atoms with Crippen LogP contribution in [0.1, 0.15) is 51.4 Å². The van der Waals surface area contributed by atoms with Gasteiger partial charge in [0.15, 0.2) is 5.76 Å². The van der Waals surface area contributed by atoms with Crippen LogP contribution in [0.4, 0.5) is 0 Å². The highest BCUT2D eigenvalue weighted by molar-refractivity contribution is 7.09. The molecule has 2 rings (SSSR count). The third-order valence-electron chi connectivity index (χ3n) is 2.80. The maximum Gasteiger partial charge on any atom is 0.338 e. The number of carbonyl (C=O) groups excluding carboxylic acids is 1. The van der Waals surface area contributed by atoms with E-state index in [-0.39, 0.29) is 11.3 Å². The van der Waals surface area contributed by atoms with E-state index in [1.807, 2.05) is 5.38 Å². The van der Waals surface area contributed by atoms with Crippen molar-refractivity contribution in [3.63, 3.8) is 0 Å². The van der Waals surface area contributed by atoms with Crippen LogP contribution in [0.2, 0.25) is 0 Å². The Morgan fingerprint density at radius 2 is 2.24 bits per heavy atom. The SMILES string of the molecule is CC(C)c1nc(CCNC(=O)c2cc(C(=O)O)co2)cs1. The quantitative estimate of drug-likeness (QED) is 0.855. The summed E-state index contributed by atoms with van der Waals surface area (Å²) in [5.41, 5.74) is 0.899. The maximum atomic E-state index is 11.8. The number of carboxylic acid groups (broad SMARTS) is 1. The van der Waals surface area contributed by atoms with Gasteiger partial charge in [-0.1, -0.05) is 13.8 Å². The summed E-state index contributed by atoms with van der Waals surface area (Å²) in [5, 5.41) is 14.5. The van der Waals surface area contributed by atoms with E-state index in [2.05, 4.69) is 24.1 Å². The van der Waals surface area contributed by atoms with Crippen molar-refractivity contribution in [1.29, 1.82) is 0 Å². The Balaban J connectivity index is 1.84. The van der Waals surface area contributed by atoms with Crippen LogP contribution >= 0.6 is 11.3 Å². The minimum absolute atomic E-state index is 0.00597. The number of amides is 1. The summed E-state index contributed by atoms with van der Waals surface area (Å²) in [6.45, 7) is 4.59. The van der Waals surface area contributed by atoms with Gasteiger partial charge in [0.2, 0.25) is 0 Å². The van der Waals surface area contributed by atoms with Crippen molar-refractivity contribution in [1.82, 2.24) is 10.3 Å². The zero-order valence-corrected chi connectivity index (χ0v) is 12.6. The Hall–Kier alpha value is -2.15. The molecule has 0 aliphatic rings. The summed E-state index contributed by atoms with van der Waals surface area (Å²) >= 11 is 1.61. The molecule has 0 aliphatic carbocycles. The number of rotatable bonds is 6. The number of hydrogen-bond acceptors (Lipinski definition) is 5. The fourth-order valence-electron chi connectivity index (χ4n) is 1.66. The smallest absolute Gasteiger partial charge is 0.338 e. The molecule has 2 aromatic heterocycles. The van der Waals surface area contributed by atoms with Crippen molar-refractivity contribution >= 4 is 23.2 Å². The van der Waals surface area contributed by atoms with Gasteiger partial charge in [0, 0.05) is 30.3 Å². The highest BCUT2D eigenvalue weighted by Crippen LogP contribution is 2.19. The second-order valence-corrected chi connectivity index (χ2v) is 5.73. The van der Waals surface area contributed by atoms with Gasteiger partial charge in [0.25, 0.3) is 5.91 Å². The number of aromatic carboxylic acids is 1. The molecule has 1 amide bonds. The molecule has 2 aromatic rings. The molecule has 0 aliphatic heterocycles. The van der Waals surface area contributed by atoms with E-state index >= 15 is 0 Å². The third-order valence-corrected chi connectivity index (χ3v) is 3.99. The molecule has 0 unspecified atom stereocenters. The average Bonchev–Trinajstić information content (AvgIpc) is 3.07. The Morgan fingerprint density at radius 1 is 1.48 bits per heavy atom. The monoisotopic (exact) mass is 308 g/mol. The van der Waals surface area contributed by atoms with Gasteiger partial charge in [-0.05, 0) is 0 Å². The molecular formula is C14H16N2O4S. The molecule has 0 fully saturated rings. The van der Waals surface area contributed by atoms with Gasteiger partial charge in [-0.15, -0.1) is 11.3 Å². The predicted octanol–water partition coefficient (Wildman–Crippen LogP) is 2.53. The van der Waals surface area contributed by atoms with Gasteiger partial charge < -0.3 is 14.8 Å². The molecule has 0 radical (unpaired) electrons. The van der Waals surface area contributed by atoms with Crippen molar-refractivity contribution in [3.8, 4) is 0 Å². The molecule has 2 N–H and O–H groups in total. The molecule has 7 heteroatoms. The Bertz CT molecular complexity index is 645. The standard InChI is InChI=1S/C14H16N2O4S/c1-8(2)13-16-10(7-21-13)3-4-15-12(17)11-5-9(6-20-11)14(18)19/h5-8H,3-4H2,1-2H3,(H,15,17)(H,18,19). The normalized spacial score (nSPS) is 10.8.